The van der Waals surface area contributed by atoms with Crippen LogP contribution in [0.2, 0.25) is 0 Å². The maximum absolute atomic E-state index is 11.4. The summed E-state index contributed by atoms with van der Waals surface area (Å²) in [6, 6.07) is 5.07. The molecule has 0 spiro atoms. The molecule has 1 aromatic carbocycles. The van der Waals surface area contributed by atoms with E-state index in [1.54, 1.807) is 18.2 Å². The summed E-state index contributed by atoms with van der Waals surface area (Å²) < 4.78 is 5.11. The van der Waals surface area contributed by atoms with E-state index in [2.05, 4.69) is 0 Å². The van der Waals surface area contributed by atoms with Gasteiger partial charge in [0.15, 0.2) is 5.75 Å². The van der Waals surface area contributed by atoms with Gasteiger partial charge in [0.2, 0.25) is 0 Å². The number of anilines is 1. The number of nitro groups is 1. The summed E-state index contributed by atoms with van der Waals surface area (Å²) in [5.41, 5.74) is 0.459. The van der Waals surface area contributed by atoms with Crippen LogP contribution in [0.1, 0.15) is 6.42 Å². The molecule has 1 fully saturated rings. The van der Waals surface area contributed by atoms with Gasteiger partial charge >= 0.3 is 5.69 Å². The Morgan fingerprint density at radius 3 is 2.81 bits per heavy atom. The predicted molar refractivity (Wildman–Crippen MR) is 80.0 cm³/mol. The molecule has 21 heavy (non-hydrogen) atoms. The highest BCUT2D eigenvalue weighted by atomic mass is 16.6. The van der Waals surface area contributed by atoms with Crippen LogP contribution in [0.15, 0.2) is 18.2 Å². The van der Waals surface area contributed by atoms with Crippen LogP contribution >= 0.6 is 0 Å². The second kappa shape index (κ2) is 6.28. The Bertz CT molecular complexity index is 521. The normalized spacial score (nSPS) is 21.9. The van der Waals surface area contributed by atoms with E-state index in [0.717, 1.165) is 6.54 Å². The lowest BCUT2D eigenvalue weighted by atomic mass is 10.1. The minimum Gasteiger partial charge on any atom is -0.490 e. The molecule has 0 aliphatic carbocycles. The van der Waals surface area contributed by atoms with Crippen molar-refractivity contribution >= 4 is 11.4 Å². The van der Waals surface area contributed by atoms with Crippen LogP contribution in [-0.4, -0.2) is 61.4 Å². The van der Waals surface area contributed by atoms with E-state index in [1.807, 2.05) is 23.9 Å². The number of hydrogen-bond acceptors (Lipinski definition) is 6. The average molecular weight is 295 g/mol. The van der Waals surface area contributed by atoms with Gasteiger partial charge in [0, 0.05) is 19.1 Å². The van der Waals surface area contributed by atoms with Crippen LogP contribution in [0.3, 0.4) is 0 Å². The van der Waals surface area contributed by atoms with Gasteiger partial charge in [-0.1, -0.05) is 6.07 Å². The monoisotopic (exact) mass is 295 g/mol. The Morgan fingerprint density at radius 2 is 2.24 bits per heavy atom. The number of aliphatic hydroxyl groups is 1. The van der Waals surface area contributed by atoms with E-state index >= 15 is 0 Å². The molecular formula is C14H21N3O4. The maximum Gasteiger partial charge on any atom is 0.333 e. The lowest BCUT2D eigenvalue weighted by Crippen LogP contribution is -2.37. The highest BCUT2D eigenvalue weighted by molar-refractivity contribution is 5.70. The van der Waals surface area contributed by atoms with Crippen molar-refractivity contribution in [3.05, 3.63) is 28.3 Å². The van der Waals surface area contributed by atoms with Crippen molar-refractivity contribution in [2.45, 2.75) is 18.6 Å². The molecule has 0 radical (unpaired) electrons. The molecule has 1 aliphatic heterocycles. The number of aliphatic hydroxyl groups excluding tert-OH is 1. The molecular weight excluding hydrogens is 274 g/mol. The van der Waals surface area contributed by atoms with E-state index in [4.69, 9.17) is 4.74 Å². The quantitative estimate of drug-likeness (QED) is 0.647. The van der Waals surface area contributed by atoms with Gasteiger partial charge in [0.25, 0.3) is 0 Å². The van der Waals surface area contributed by atoms with E-state index in [0.29, 0.717) is 18.7 Å². The Hall–Kier alpha value is -1.86. The van der Waals surface area contributed by atoms with E-state index in [9.17, 15) is 15.2 Å². The SMILES string of the molecule is COc1cccc(N2CC(O)CC2CN(C)C)c1[N+](=O)[O-]. The Balaban J connectivity index is 2.42. The summed E-state index contributed by atoms with van der Waals surface area (Å²) in [5, 5.41) is 21.3. The zero-order chi connectivity index (χ0) is 15.6. The fourth-order valence-corrected chi connectivity index (χ4v) is 2.87. The number of benzene rings is 1. The van der Waals surface area contributed by atoms with Gasteiger partial charge in [0.1, 0.15) is 5.69 Å². The first kappa shape index (κ1) is 15.5. The first-order valence-electron chi connectivity index (χ1n) is 6.85. The minimum atomic E-state index is -0.472. The largest absolute Gasteiger partial charge is 0.490 e. The highest BCUT2D eigenvalue weighted by Crippen LogP contribution is 2.39. The molecule has 1 N–H and O–H groups in total. The third-order valence-electron chi connectivity index (χ3n) is 3.66. The third kappa shape index (κ3) is 3.25. The van der Waals surface area contributed by atoms with Gasteiger partial charge in [0.05, 0.1) is 18.1 Å². The molecule has 2 unspecified atom stereocenters. The Labute approximate surface area is 123 Å². The molecule has 0 saturated carbocycles. The summed E-state index contributed by atoms with van der Waals surface area (Å²) in [4.78, 5) is 14.9. The number of methoxy groups -OCH3 is 1. The average Bonchev–Trinajstić information content (AvgIpc) is 2.77. The second-order valence-electron chi connectivity index (χ2n) is 5.54. The maximum atomic E-state index is 11.4. The van der Waals surface area contributed by atoms with Gasteiger partial charge in [-0.25, -0.2) is 0 Å². The number of rotatable bonds is 5. The van der Waals surface area contributed by atoms with Crippen LogP contribution in [0.4, 0.5) is 11.4 Å². The van der Waals surface area contributed by atoms with E-state index in [-0.39, 0.29) is 17.5 Å². The summed E-state index contributed by atoms with van der Waals surface area (Å²) in [6.45, 7) is 1.12. The van der Waals surface area contributed by atoms with Gasteiger partial charge in [-0.2, -0.15) is 0 Å². The molecule has 1 aromatic rings. The fourth-order valence-electron chi connectivity index (χ4n) is 2.87. The molecule has 7 nitrogen and oxygen atoms in total. The number of nitrogens with zero attached hydrogens (tertiary/aromatic N) is 3. The van der Waals surface area contributed by atoms with Crippen molar-refractivity contribution in [2.75, 3.05) is 39.2 Å². The lowest BCUT2D eigenvalue weighted by Gasteiger charge is -2.28. The predicted octanol–water partition coefficient (Wildman–Crippen LogP) is 1.10. The lowest BCUT2D eigenvalue weighted by molar-refractivity contribution is -0.385. The van der Waals surface area contributed by atoms with Crippen LogP contribution < -0.4 is 9.64 Å². The van der Waals surface area contributed by atoms with Gasteiger partial charge in [-0.15, -0.1) is 0 Å². The number of hydrogen-bond donors (Lipinski definition) is 1. The van der Waals surface area contributed by atoms with Crippen molar-refractivity contribution in [3.63, 3.8) is 0 Å². The van der Waals surface area contributed by atoms with Gasteiger partial charge in [-0.3, -0.25) is 10.1 Å². The standard InChI is InChI=1S/C14H21N3O4/c1-15(2)8-10-7-11(18)9-16(10)12-5-4-6-13(21-3)14(12)17(19)20/h4-6,10-11,18H,7-9H2,1-3H3. The first-order chi connectivity index (χ1) is 9.93. The zero-order valence-corrected chi connectivity index (χ0v) is 12.5. The van der Waals surface area contributed by atoms with E-state index in [1.165, 1.54) is 7.11 Å². The first-order valence-corrected chi connectivity index (χ1v) is 6.85. The molecule has 1 saturated heterocycles. The minimum absolute atomic E-state index is 0.0424. The van der Waals surface area contributed by atoms with Crippen molar-refractivity contribution in [2.24, 2.45) is 0 Å². The van der Waals surface area contributed by atoms with Gasteiger partial charge < -0.3 is 19.6 Å². The third-order valence-corrected chi connectivity index (χ3v) is 3.66. The van der Waals surface area contributed by atoms with E-state index < -0.39 is 11.0 Å². The summed E-state index contributed by atoms with van der Waals surface area (Å²) in [6.07, 6.45) is 0.132. The second-order valence-corrected chi connectivity index (χ2v) is 5.54. The number of likely N-dealkylation sites (N-methyl/N-ethyl adjacent to an activating group) is 1. The topological polar surface area (TPSA) is 79.1 Å². The summed E-state index contributed by atoms with van der Waals surface area (Å²) in [5.74, 6) is 0.238. The molecule has 1 aliphatic rings. The van der Waals surface area contributed by atoms with Crippen molar-refractivity contribution in [1.29, 1.82) is 0 Å². The van der Waals surface area contributed by atoms with Crippen LogP contribution in [0, 0.1) is 10.1 Å². The summed E-state index contributed by atoms with van der Waals surface area (Å²) >= 11 is 0. The molecule has 0 aromatic heterocycles. The molecule has 0 amide bonds. The zero-order valence-electron chi connectivity index (χ0n) is 12.5. The molecule has 2 rings (SSSR count). The van der Waals surface area contributed by atoms with Crippen molar-refractivity contribution < 1.29 is 14.8 Å². The fraction of sp³-hybridized carbons (Fsp3) is 0.571. The van der Waals surface area contributed by atoms with Crippen LogP contribution in [0.25, 0.3) is 0 Å². The number of para-hydroxylation sites is 1. The smallest absolute Gasteiger partial charge is 0.333 e. The number of β-amino-alcohol motifs (C(OH)–C–C–N with tert-alkyl or cyclic N) is 1. The number of ether oxygens (including phenoxy) is 1. The Morgan fingerprint density at radius 1 is 1.52 bits per heavy atom. The van der Waals surface area contributed by atoms with Crippen LogP contribution in [-0.2, 0) is 0 Å². The molecule has 116 valence electrons. The Kier molecular flexibility index (Phi) is 4.64. The van der Waals surface area contributed by atoms with Crippen LogP contribution in [0.5, 0.6) is 5.75 Å². The molecule has 2 atom stereocenters. The van der Waals surface area contributed by atoms with Crippen molar-refractivity contribution in [3.8, 4) is 5.75 Å². The molecule has 0 bridgehead atoms. The van der Waals surface area contributed by atoms with Crippen molar-refractivity contribution in [1.82, 2.24) is 4.90 Å². The van der Waals surface area contributed by atoms with Gasteiger partial charge in [-0.05, 0) is 32.6 Å². The summed E-state index contributed by atoms with van der Waals surface area (Å²) in [7, 11) is 5.31. The molecule has 7 heteroatoms. The molecule has 1 heterocycles. The number of nitro benzene ring substituents is 1. The highest BCUT2D eigenvalue weighted by Gasteiger charge is 2.36.